The highest BCUT2D eigenvalue weighted by atomic mass is 32.2. The average Bonchev–Trinajstić information content (AvgIpc) is 3.01. The van der Waals surface area contributed by atoms with Crippen LogP contribution in [0.25, 0.3) is 0 Å². The van der Waals surface area contributed by atoms with Gasteiger partial charge in [-0.1, -0.05) is 23.8 Å². The predicted molar refractivity (Wildman–Crippen MR) is 85.6 cm³/mol. The van der Waals surface area contributed by atoms with E-state index in [1.165, 1.54) is 23.5 Å². The molecule has 0 spiro atoms. The highest BCUT2D eigenvalue weighted by Gasteiger charge is 2.14. The van der Waals surface area contributed by atoms with Crippen molar-refractivity contribution >= 4 is 27.4 Å². The van der Waals surface area contributed by atoms with Gasteiger partial charge in [0.05, 0.1) is 16.4 Å². The Morgan fingerprint density at radius 1 is 1.23 bits per heavy atom. The summed E-state index contributed by atoms with van der Waals surface area (Å²) in [5.74, 6) is -0.156. The van der Waals surface area contributed by atoms with Gasteiger partial charge < -0.3 is 5.32 Å². The number of nitrogens with one attached hydrogen (secondary N) is 1. The van der Waals surface area contributed by atoms with Gasteiger partial charge in [-0.15, -0.1) is 11.3 Å². The van der Waals surface area contributed by atoms with Gasteiger partial charge in [0, 0.05) is 6.54 Å². The number of hydrogen-bond acceptors (Lipinski definition) is 5. The average molecular weight is 339 g/mol. The fourth-order valence-corrected chi connectivity index (χ4v) is 3.29. The summed E-state index contributed by atoms with van der Waals surface area (Å²) in [4.78, 5) is 12.4. The summed E-state index contributed by atoms with van der Waals surface area (Å²) < 4.78 is 28.8. The first-order valence-electron chi connectivity index (χ1n) is 6.77. The molecule has 0 saturated carbocycles. The van der Waals surface area contributed by atoms with Gasteiger partial charge in [-0.05, 0) is 36.9 Å². The van der Waals surface area contributed by atoms with Crippen molar-refractivity contribution < 1.29 is 17.4 Å². The van der Waals surface area contributed by atoms with Gasteiger partial charge in [-0.3, -0.25) is 8.98 Å². The number of thiophene rings is 1. The van der Waals surface area contributed by atoms with Crippen molar-refractivity contribution in [1.82, 2.24) is 5.32 Å². The number of carbonyl (C=O) groups excluding carboxylic acids is 1. The van der Waals surface area contributed by atoms with E-state index >= 15 is 0 Å². The van der Waals surface area contributed by atoms with Gasteiger partial charge in [0.2, 0.25) is 0 Å². The molecule has 0 fully saturated rings. The Morgan fingerprint density at radius 2 is 1.95 bits per heavy atom. The molecule has 7 heteroatoms. The molecule has 2 rings (SSSR count). The normalized spacial score (nSPS) is 11.3. The summed E-state index contributed by atoms with van der Waals surface area (Å²) in [5.41, 5.74) is 0.982. The smallest absolute Gasteiger partial charge is 0.296 e. The van der Waals surface area contributed by atoms with Gasteiger partial charge in [0.15, 0.2) is 0 Å². The Kier molecular flexibility index (Phi) is 5.70. The van der Waals surface area contributed by atoms with Gasteiger partial charge in [0.25, 0.3) is 16.0 Å². The fourth-order valence-electron chi connectivity index (χ4n) is 1.71. The zero-order chi connectivity index (χ0) is 16.0. The molecule has 2 aromatic rings. The minimum absolute atomic E-state index is 0.0287. The monoisotopic (exact) mass is 339 g/mol. The zero-order valence-corrected chi connectivity index (χ0v) is 13.7. The summed E-state index contributed by atoms with van der Waals surface area (Å²) in [6, 6.07) is 10.0. The minimum atomic E-state index is -3.73. The Balaban J connectivity index is 1.74. The number of aryl methyl sites for hydroxylation is 1. The standard InChI is InChI=1S/C15H17NO4S2/c1-12-5-7-13(8-6-12)22(18,19)20-10-3-9-16-15(17)14-4-2-11-21-14/h2,4-8,11H,3,9-10H2,1H3,(H,16,17). The van der Waals surface area contributed by atoms with Crippen molar-refractivity contribution in [2.24, 2.45) is 0 Å². The molecule has 0 radical (unpaired) electrons. The molecule has 118 valence electrons. The molecule has 1 aromatic heterocycles. The van der Waals surface area contributed by atoms with E-state index in [1.54, 1.807) is 24.3 Å². The molecule has 0 atom stereocenters. The summed E-state index contributed by atoms with van der Waals surface area (Å²) in [6.45, 7) is 2.27. The third-order valence-electron chi connectivity index (χ3n) is 2.90. The molecule has 0 saturated heterocycles. The Hall–Kier alpha value is -1.70. The van der Waals surface area contributed by atoms with Crippen molar-refractivity contribution in [2.45, 2.75) is 18.2 Å². The lowest BCUT2D eigenvalue weighted by atomic mass is 10.2. The first kappa shape index (κ1) is 16.7. The molecule has 1 heterocycles. The van der Waals surface area contributed by atoms with Gasteiger partial charge in [-0.25, -0.2) is 0 Å². The molecule has 0 aliphatic heterocycles. The molecular formula is C15H17NO4S2. The van der Waals surface area contributed by atoms with Crippen LogP contribution in [0.2, 0.25) is 0 Å². The van der Waals surface area contributed by atoms with Crippen molar-refractivity contribution in [3.63, 3.8) is 0 Å². The van der Waals surface area contributed by atoms with Crippen LogP contribution in [0.5, 0.6) is 0 Å². The molecule has 22 heavy (non-hydrogen) atoms. The lowest BCUT2D eigenvalue weighted by Gasteiger charge is -2.06. The third-order valence-corrected chi connectivity index (χ3v) is 5.09. The summed E-state index contributed by atoms with van der Waals surface area (Å²) in [7, 11) is -3.73. The van der Waals surface area contributed by atoms with Crippen LogP contribution in [0.3, 0.4) is 0 Å². The lowest BCUT2D eigenvalue weighted by molar-refractivity contribution is 0.0956. The summed E-state index contributed by atoms with van der Waals surface area (Å²) in [5, 5.41) is 4.54. The van der Waals surface area contributed by atoms with E-state index in [0.29, 0.717) is 17.8 Å². The van der Waals surface area contributed by atoms with Gasteiger partial charge >= 0.3 is 0 Å². The van der Waals surface area contributed by atoms with E-state index < -0.39 is 10.1 Å². The number of carbonyl (C=O) groups is 1. The summed E-state index contributed by atoms with van der Waals surface area (Å²) in [6.07, 6.45) is 0.419. The van der Waals surface area contributed by atoms with E-state index in [4.69, 9.17) is 4.18 Å². The van der Waals surface area contributed by atoms with Gasteiger partial charge in [0.1, 0.15) is 0 Å². The molecule has 0 bridgehead atoms. The van der Waals surface area contributed by atoms with Crippen LogP contribution in [0, 0.1) is 6.92 Å². The second-order valence-electron chi connectivity index (χ2n) is 4.68. The maximum Gasteiger partial charge on any atom is 0.296 e. The molecule has 5 nitrogen and oxygen atoms in total. The van der Waals surface area contributed by atoms with Crippen LogP contribution < -0.4 is 5.32 Å². The van der Waals surface area contributed by atoms with E-state index in [2.05, 4.69) is 5.32 Å². The Morgan fingerprint density at radius 3 is 2.59 bits per heavy atom. The molecule has 0 aliphatic rings. The highest BCUT2D eigenvalue weighted by molar-refractivity contribution is 7.86. The van der Waals surface area contributed by atoms with Crippen LogP contribution in [0.1, 0.15) is 21.7 Å². The van der Waals surface area contributed by atoms with E-state index in [1.807, 2.05) is 12.3 Å². The second kappa shape index (κ2) is 7.53. The number of rotatable bonds is 7. The van der Waals surface area contributed by atoms with Crippen molar-refractivity contribution in [3.05, 3.63) is 52.2 Å². The number of benzene rings is 1. The van der Waals surface area contributed by atoms with Crippen LogP contribution in [-0.2, 0) is 14.3 Å². The van der Waals surface area contributed by atoms with Crippen LogP contribution in [-0.4, -0.2) is 27.5 Å². The van der Waals surface area contributed by atoms with Crippen LogP contribution >= 0.6 is 11.3 Å². The number of amides is 1. The van der Waals surface area contributed by atoms with Crippen molar-refractivity contribution in [3.8, 4) is 0 Å². The van der Waals surface area contributed by atoms with Crippen molar-refractivity contribution in [1.29, 1.82) is 0 Å². The molecule has 1 N–H and O–H groups in total. The first-order valence-corrected chi connectivity index (χ1v) is 9.05. The van der Waals surface area contributed by atoms with Crippen LogP contribution in [0.4, 0.5) is 0 Å². The first-order chi connectivity index (χ1) is 10.5. The molecule has 0 aliphatic carbocycles. The van der Waals surface area contributed by atoms with E-state index in [0.717, 1.165) is 5.56 Å². The van der Waals surface area contributed by atoms with Crippen molar-refractivity contribution in [2.75, 3.05) is 13.2 Å². The second-order valence-corrected chi connectivity index (χ2v) is 7.24. The Labute approximate surface area is 134 Å². The maximum absolute atomic E-state index is 11.9. The summed E-state index contributed by atoms with van der Waals surface area (Å²) >= 11 is 1.36. The molecule has 1 aromatic carbocycles. The minimum Gasteiger partial charge on any atom is -0.351 e. The molecule has 0 unspecified atom stereocenters. The third kappa shape index (κ3) is 4.66. The highest BCUT2D eigenvalue weighted by Crippen LogP contribution is 2.13. The van der Waals surface area contributed by atoms with E-state index in [-0.39, 0.29) is 17.4 Å². The SMILES string of the molecule is Cc1ccc(S(=O)(=O)OCCCNC(=O)c2cccs2)cc1. The topological polar surface area (TPSA) is 72.5 Å². The predicted octanol–water partition coefficient (Wildman–Crippen LogP) is 2.58. The van der Waals surface area contributed by atoms with Crippen LogP contribution in [0.15, 0.2) is 46.7 Å². The fraction of sp³-hybridized carbons (Fsp3) is 0.267. The molecule has 1 amide bonds. The lowest BCUT2D eigenvalue weighted by Crippen LogP contribution is -2.24. The Bertz CT molecular complexity index is 707. The van der Waals surface area contributed by atoms with Gasteiger partial charge in [-0.2, -0.15) is 8.42 Å². The molecular weight excluding hydrogens is 322 g/mol. The zero-order valence-electron chi connectivity index (χ0n) is 12.1. The quantitative estimate of drug-likeness (QED) is 0.622. The maximum atomic E-state index is 11.9. The van der Waals surface area contributed by atoms with E-state index in [9.17, 15) is 13.2 Å². The number of hydrogen-bond donors (Lipinski definition) is 1. The largest absolute Gasteiger partial charge is 0.351 e.